The summed E-state index contributed by atoms with van der Waals surface area (Å²) >= 11 is 1.16. The molecule has 4 aliphatic rings. The fraction of sp³-hybridized carbons (Fsp3) is 0.545. The molecule has 3 saturated carbocycles. The maximum Gasteiger partial charge on any atom is 0.416 e. The molecule has 5 atom stereocenters. The van der Waals surface area contributed by atoms with Gasteiger partial charge in [0, 0.05) is 42.6 Å². The molecule has 6 rings (SSSR count). The maximum atomic E-state index is 14.3. The normalized spacial score (nSPS) is 29.6. The molecule has 5 unspecified atom stereocenters. The number of sulfone groups is 1. The van der Waals surface area contributed by atoms with Crippen LogP contribution < -0.4 is 16.4 Å². The van der Waals surface area contributed by atoms with E-state index in [2.05, 4.69) is 15.6 Å². The molecule has 270 valence electrons. The van der Waals surface area contributed by atoms with Gasteiger partial charge in [-0.05, 0) is 70.1 Å². The molecule has 1 aliphatic heterocycles. The first kappa shape index (κ1) is 35.8. The third-order valence-corrected chi connectivity index (χ3v) is 14.0. The van der Waals surface area contributed by atoms with Crippen molar-refractivity contribution in [2.45, 2.75) is 80.7 Å². The van der Waals surface area contributed by atoms with Gasteiger partial charge in [-0.1, -0.05) is 12.2 Å². The van der Waals surface area contributed by atoms with Crippen LogP contribution >= 0.6 is 11.3 Å². The van der Waals surface area contributed by atoms with Gasteiger partial charge in [0.15, 0.2) is 9.84 Å². The zero-order valence-electron chi connectivity index (χ0n) is 27.4. The summed E-state index contributed by atoms with van der Waals surface area (Å²) < 4.78 is 73.9. The average molecular weight is 738 g/mol. The number of nitrogens with one attached hydrogen (secondary N) is 2. The minimum atomic E-state index is -4.72. The number of amides is 4. The van der Waals surface area contributed by atoms with Crippen LogP contribution in [0.2, 0.25) is 0 Å². The standard InChI is InChI=1S/C33H38F3N5O7S2/c1-18-17-49-26(38-18)23-11-8-19(33(34,35)36)13-25(23)39-30(45)48-21-14-24-27(42)41(2)12-6-4-3-5-7-20-15-32(20,50(46,47)22-9-10-22)40-29(44)31(24,16-21)28(37)43/h5,7-8,11,13,17,20-22,24H,3-4,6,9-10,12,14-16H2,1-2H3,(H2,37,43)(H,39,45)(H,40,44)/b7-5-. The van der Waals surface area contributed by atoms with Crippen LogP contribution in [0.5, 0.6) is 0 Å². The number of anilines is 1. The summed E-state index contributed by atoms with van der Waals surface area (Å²) in [5.74, 6) is -4.79. The van der Waals surface area contributed by atoms with Gasteiger partial charge in [0.25, 0.3) is 0 Å². The predicted octanol–water partition coefficient (Wildman–Crippen LogP) is 4.54. The highest BCUT2D eigenvalue weighted by atomic mass is 32.2. The highest BCUT2D eigenvalue weighted by Gasteiger charge is 2.70. The number of rotatable bonds is 6. The fourth-order valence-corrected chi connectivity index (χ4v) is 10.5. The van der Waals surface area contributed by atoms with E-state index >= 15 is 0 Å². The summed E-state index contributed by atoms with van der Waals surface area (Å²) in [6, 6.07) is 2.79. The minimum absolute atomic E-state index is 0.0989. The number of thiazole rings is 1. The molecular weight excluding hydrogens is 700 g/mol. The second-order valence-electron chi connectivity index (χ2n) is 13.6. The number of aromatic nitrogens is 1. The molecular formula is C33H38F3N5O7S2. The Morgan fingerprint density at radius 2 is 1.92 bits per heavy atom. The highest BCUT2D eigenvalue weighted by Crippen LogP contribution is 2.55. The number of hydrogen-bond acceptors (Lipinski definition) is 9. The molecule has 2 aromatic rings. The summed E-state index contributed by atoms with van der Waals surface area (Å²) in [6.45, 7) is 2.00. The zero-order chi connectivity index (χ0) is 36.2. The van der Waals surface area contributed by atoms with Crippen LogP contribution in [-0.4, -0.2) is 71.9 Å². The Labute approximate surface area is 290 Å². The van der Waals surface area contributed by atoms with E-state index < -0.39 is 85.3 Å². The van der Waals surface area contributed by atoms with Crippen molar-refractivity contribution in [3.8, 4) is 10.6 Å². The van der Waals surface area contributed by atoms with Crippen LogP contribution in [0.3, 0.4) is 0 Å². The van der Waals surface area contributed by atoms with Gasteiger partial charge in [-0.2, -0.15) is 13.2 Å². The molecule has 0 bridgehead atoms. The number of ether oxygens (including phenoxy) is 1. The van der Waals surface area contributed by atoms with E-state index in [-0.39, 0.29) is 24.1 Å². The number of aryl methyl sites for hydroxylation is 1. The number of hydrogen-bond donors (Lipinski definition) is 3. The van der Waals surface area contributed by atoms with Crippen LogP contribution in [0.25, 0.3) is 10.6 Å². The quantitative estimate of drug-likeness (QED) is 0.286. The largest absolute Gasteiger partial charge is 0.446 e. The molecule has 1 aromatic heterocycles. The lowest BCUT2D eigenvalue weighted by atomic mass is 9.75. The Hall–Kier alpha value is -3.99. The number of allylic oxidation sites excluding steroid dienone is 1. The Bertz CT molecular complexity index is 1860. The van der Waals surface area contributed by atoms with Gasteiger partial charge in [0.1, 0.15) is 21.4 Å². The monoisotopic (exact) mass is 737 g/mol. The van der Waals surface area contributed by atoms with Crippen molar-refractivity contribution in [1.29, 1.82) is 0 Å². The van der Waals surface area contributed by atoms with Gasteiger partial charge in [-0.15, -0.1) is 11.3 Å². The summed E-state index contributed by atoms with van der Waals surface area (Å²) in [5, 5.41) is 6.41. The van der Waals surface area contributed by atoms with E-state index in [0.717, 1.165) is 23.5 Å². The van der Waals surface area contributed by atoms with Crippen molar-refractivity contribution < 1.29 is 45.5 Å². The number of benzene rings is 1. The van der Waals surface area contributed by atoms with Crippen molar-refractivity contribution in [1.82, 2.24) is 15.2 Å². The molecule has 0 saturated heterocycles. The van der Waals surface area contributed by atoms with Gasteiger partial charge in [0.2, 0.25) is 17.7 Å². The molecule has 0 radical (unpaired) electrons. The third-order valence-electron chi connectivity index (χ3n) is 10.1. The van der Waals surface area contributed by atoms with Crippen LogP contribution in [0.15, 0.2) is 35.7 Å². The van der Waals surface area contributed by atoms with Crippen LogP contribution in [0, 0.1) is 24.2 Å². The molecule has 2 heterocycles. The number of nitrogens with two attached hydrogens (primary N) is 1. The molecule has 12 nitrogen and oxygen atoms in total. The van der Waals surface area contributed by atoms with Gasteiger partial charge in [-0.3, -0.25) is 19.7 Å². The van der Waals surface area contributed by atoms with E-state index in [4.69, 9.17) is 10.5 Å². The number of fused-ring (bicyclic) bond motifs is 2. The Balaban J connectivity index is 1.31. The van der Waals surface area contributed by atoms with Crippen molar-refractivity contribution in [3.63, 3.8) is 0 Å². The number of halogens is 3. The van der Waals surface area contributed by atoms with E-state index in [1.54, 1.807) is 18.4 Å². The van der Waals surface area contributed by atoms with Gasteiger partial charge >= 0.3 is 12.3 Å². The second kappa shape index (κ2) is 13.0. The fourth-order valence-electron chi connectivity index (χ4n) is 7.12. The molecule has 50 heavy (non-hydrogen) atoms. The highest BCUT2D eigenvalue weighted by molar-refractivity contribution is 7.94. The van der Waals surface area contributed by atoms with Crippen molar-refractivity contribution in [3.05, 3.63) is 47.0 Å². The van der Waals surface area contributed by atoms with Crippen molar-refractivity contribution in [2.75, 3.05) is 18.9 Å². The third kappa shape index (κ3) is 6.49. The summed E-state index contributed by atoms with van der Waals surface area (Å²) in [6.07, 6.45) is -1.50. The lowest BCUT2D eigenvalue weighted by Crippen LogP contribution is -2.59. The molecule has 17 heteroatoms. The minimum Gasteiger partial charge on any atom is -0.446 e. The lowest BCUT2D eigenvalue weighted by molar-refractivity contribution is -0.153. The zero-order valence-corrected chi connectivity index (χ0v) is 29.1. The predicted molar refractivity (Wildman–Crippen MR) is 177 cm³/mol. The summed E-state index contributed by atoms with van der Waals surface area (Å²) in [5.41, 5.74) is 3.18. The van der Waals surface area contributed by atoms with Gasteiger partial charge < -0.3 is 20.7 Å². The average Bonchev–Trinajstić information content (AvgIpc) is 3.94. The Morgan fingerprint density at radius 3 is 2.56 bits per heavy atom. The molecule has 3 fully saturated rings. The number of primary amides is 1. The first-order valence-electron chi connectivity index (χ1n) is 16.4. The SMILES string of the molecule is Cc1csc(-c2ccc(C(F)(F)F)cc2NC(=O)OC2CC3C(=O)N(C)CCCC/C=C\C4CC4(S(=O)(=O)C4CC4)NC(=O)C3(C(N)=O)C2)n1. The second-order valence-corrected chi connectivity index (χ2v) is 17.0. The Morgan fingerprint density at radius 1 is 1.18 bits per heavy atom. The number of carbonyl (C=O) groups excluding carboxylic acids is 4. The van der Waals surface area contributed by atoms with Crippen LogP contribution in [0.4, 0.5) is 23.7 Å². The van der Waals surface area contributed by atoms with Gasteiger partial charge in [0.05, 0.1) is 22.4 Å². The van der Waals surface area contributed by atoms with Crippen LogP contribution in [0.1, 0.15) is 62.6 Å². The van der Waals surface area contributed by atoms with Crippen molar-refractivity contribution in [2.24, 2.45) is 23.0 Å². The molecule has 1 aromatic carbocycles. The number of nitrogens with zero attached hydrogens (tertiary/aromatic N) is 2. The van der Waals surface area contributed by atoms with E-state index in [1.165, 1.54) is 18.0 Å². The number of alkyl halides is 3. The first-order valence-corrected chi connectivity index (χ1v) is 18.8. The van der Waals surface area contributed by atoms with Crippen molar-refractivity contribution >= 4 is 50.7 Å². The van der Waals surface area contributed by atoms with E-state index in [9.17, 15) is 40.8 Å². The van der Waals surface area contributed by atoms with E-state index in [0.29, 0.717) is 49.4 Å². The molecule has 3 aliphatic carbocycles. The molecule has 4 N–H and O–H groups in total. The topological polar surface area (TPSA) is 178 Å². The molecule has 4 amide bonds. The van der Waals surface area contributed by atoms with Crippen LogP contribution in [-0.2, 0) is 35.1 Å². The van der Waals surface area contributed by atoms with Gasteiger partial charge in [-0.25, -0.2) is 18.2 Å². The van der Waals surface area contributed by atoms with E-state index in [1.807, 2.05) is 6.08 Å². The lowest BCUT2D eigenvalue weighted by Gasteiger charge is -2.34. The summed E-state index contributed by atoms with van der Waals surface area (Å²) in [4.78, 5) is 59.0. The Kier molecular flexibility index (Phi) is 9.29. The first-order chi connectivity index (χ1) is 23.5. The smallest absolute Gasteiger partial charge is 0.416 e. The molecule has 0 spiro atoms. The number of carbonyl (C=O) groups is 4. The summed E-state index contributed by atoms with van der Waals surface area (Å²) in [7, 11) is -2.36. The maximum absolute atomic E-state index is 14.3.